The number of aliphatic hydroxyl groups excluding tert-OH is 1. The van der Waals surface area contributed by atoms with Gasteiger partial charge >= 0.3 is 0 Å². The fourth-order valence-corrected chi connectivity index (χ4v) is 1.90. The van der Waals surface area contributed by atoms with Crippen LogP contribution in [0.15, 0.2) is 24.3 Å². The molecule has 0 bridgehead atoms. The molecule has 0 radical (unpaired) electrons. The Morgan fingerprint density at radius 1 is 1.31 bits per heavy atom. The summed E-state index contributed by atoms with van der Waals surface area (Å²) in [6.07, 6.45) is 0. The number of hydrogen-bond acceptors (Lipinski definition) is 4. The van der Waals surface area contributed by atoms with E-state index in [1.165, 1.54) is 0 Å². The molecule has 0 aliphatic rings. The summed E-state index contributed by atoms with van der Waals surface area (Å²) in [6, 6.07) is 7.08. The summed E-state index contributed by atoms with van der Waals surface area (Å²) in [7, 11) is -1.81. The maximum absolute atomic E-state index is 11.2. The van der Waals surface area contributed by atoms with E-state index >= 15 is 0 Å². The van der Waals surface area contributed by atoms with E-state index in [0.717, 1.165) is 11.3 Å². The van der Waals surface area contributed by atoms with Crippen molar-refractivity contribution in [1.82, 2.24) is 4.72 Å². The van der Waals surface area contributed by atoms with Crippen molar-refractivity contribution in [3.8, 4) is 5.75 Å². The Bertz CT molecular complexity index is 413. The Labute approximate surface area is 95.1 Å². The Morgan fingerprint density at radius 2 is 1.94 bits per heavy atom. The molecule has 1 aromatic rings. The molecule has 0 heterocycles. The van der Waals surface area contributed by atoms with E-state index in [1.54, 1.807) is 31.4 Å². The number of hydrogen-bond donors (Lipinski definition) is 2. The Hall–Kier alpha value is -1.11. The maximum atomic E-state index is 11.2. The molecule has 0 spiro atoms. The van der Waals surface area contributed by atoms with Crippen molar-refractivity contribution in [3.63, 3.8) is 0 Å². The van der Waals surface area contributed by atoms with Gasteiger partial charge in [-0.05, 0) is 17.7 Å². The molecule has 90 valence electrons. The maximum Gasteiger partial charge on any atom is 0.214 e. The van der Waals surface area contributed by atoms with Crippen LogP contribution in [0, 0.1) is 0 Å². The molecule has 0 fully saturated rings. The molecule has 0 aliphatic carbocycles. The molecule has 2 N–H and O–H groups in total. The fourth-order valence-electron chi connectivity index (χ4n) is 1.13. The third kappa shape index (κ3) is 4.18. The quantitative estimate of drug-likeness (QED) is 0.745. The summed E-state index contributed by atoms with van der Waals surface area (Å²) < 4.78 is 29.8. The Morgan fingerprint density at radius 3 is 2.44 bits per heavy atom. The van der Waals surface area contributed by atoms with E-state index in [9.17, 15) is 8.42 Å². The largest absolute Gasteiger partial charge is 0.497 e. The lowest BCUT2D eigenvalue weighted by atomic mass is 10.2. The number of benzene rings is 1. The highest BCUT2D eigenvalue weighted by Gasteiger charge is 2.08. The van der Waals surface area contributed by atoms with Crippen molar-refractivity contribution in [2.45, 2.75) is 6.54 Å². The molecule has 16 heavy (non-hydrogen) atoms. The van der Waals surface area contributed by atoms with Crippen LogP contribution in [0.2, 0.25) is 0 Å². The molecule has 0 saturated heterocycles. The van der Waals surface area contributed by atoms with E-state index in [1.807, 2.05) is 0 Å². The van der Waals surface area contributed by atoms with Gasteiger partial charge in [0.25, 0.3) is 0 Å². The molecular weight excluding hydrogens is 230 g/mol. The zero-order valence-electron chi connectivity index (χ0n) is 9.01. The van der Waals surface area contributed by atoms with E-state index < -0.39 is 10.0 Å². The molecule has 6 heteroatoms. The second-order valence-corrected chi connectivity index (χ2v) is 5.14. The van der Waals surface area contributed by atoms with Crippen LogP contribution in [0.25, 0.3) is 0 Å². The van der Waals surface area contributed by atoms with Crippen molar-refractivity contribution in [1.29, 1.82) is 0 Å². The first kappa shape index (κ1) is 13.0. The second-order valence-electron chi connectivity index (χ2n) is 3.21. The number of rotatable bonds is 6. The summed E-state index contributed by atoms with van der Waals surface area (Å²) in [5.74, 6) is 0.449. The summed E-state index contributed by atoms with van der Waals surface area (Å²) in [5, 5.41) is 8.53. The standard InChI is InChI=1S/C10H15NO4S/c1-15-10-4-2-9(3-5-10)8-11-16(13,14)7-6-12/h2-5,11-12H,6-8H2,1H3. The normalized spacial score (nSPS) is 11.4. The lowest BCUT2D eigenvalue weighted by molar-refractivity contribution is 0.319. The van der Waals surface area contributed by atoms with E-state index in [2.05, 4.69) is 4.72 Å². The van der Waals surface area contributed by atoms with Crippen molar-refractivity contribution in [2.24, 2.45) is 0 Å². The van der Waals surface area contributed by atoms with Crippen LogP contribution in [0.5, 0.6) is 5.75 Å². The number of ether oxygens (including phenoxy) is 1. The molecule has 0 aromatic heterocycles. The Balaban J connectivity index is 2.54. The first-order chi connectivity index (χ1) is 7.57. The minimum Gasteiger partial charge on any atom is -0.497 e. The van der Waals surface area contributed by atoms with Gasteiger partial charge in [-0.2, -0.15) is 0 Å². The average molecular weight is 245 g/mol. The van der Waals surface area contributed by atoms with Crippen LogP contribution >= 0.6 is 0 Å². The van der Waals surface area contributed by atoms with Crippen LogP contribution in [-0.2, 0) is 16.6 Å². The van der Waals surface area contributed by atoms with Crippen LogP contribution in [0.4, 0.5) is 0 Å². The van der Waals surface area contributed by atoms with Gasteiger partial charge < -0.3 is 9.84 Å². The zero-order valence-corrected chi connectivity index (χ0v) is 9.83. The topological polar surface area (TPSA) is 75.6 Å². The first-order valence-electron chi connectivity index (χ1n) is 4.78. The van der Waals surface area contributed by atoms with Gasteiger partial charge in [-0.25, -0.2) is 13.1 Å². The van der Waals surface area contributed by atoms with Gasteiger partial charge in [0.05, 0.1) is 19.5 Å². The van der Waals surface area contributed by atoms with Crippen LogP contribution in [-0.4, -0.2) is 33.0 Å². The monoisotopic (exact) mass is 245 g/mol. The second kappa shape index (κ2) is 5.83. The molecule has 0 aliphatic heterocycles. The SMILES string of the molecule is COc1ccc(CNS(=O)(=O)CCO)cc1. The van der Waals surface area contributed by atoms with Gasteiger partial charge in [0.1, 0.15) is 5.75 Å². The molecule has 0 amide bonds. The van der Waals surface area contributed by atoms with Gasteiger partial charge in [0.2, 0.25) is 10.0 Å². The highest BCUT2D eigenvalue weighted by atomic mass is 32.2. The third-order valence-electron chi connectivity index (χ3n) is 2.02. The highest BCUT2D eigenvalue weighted by molar-refractivity contribution is 7.89. The molecule has 0 atom stereocenters. The van der Waals surface area contributed by atoms with Crippen LogP contribution in [0.3, 0.4) is 0 Å². The van der Waals surface area contributed by atoms with Crippen LogP contribution < -0.4 is 9.46 Å². The van der Waals surface area contributed by atoms with E-state index in [4.69, 9.17) is 9.84 Å². The summed E-state index contributed by atoms with van der Waals surface area (Å²) in [4.78, 5) is 0. The van der Waals surface area contributed by atoms with Crippen LogP contribution in [0.1, 0.15) is 5.56 Å². The minimum atomic E-state index is -3.38. The van der Waals surface area contributed by atoms with Crippen molar-refractivity contribution >= 4 is 10.0 Å². The summed E-state index contributed by atoms with van der Waals surface area (Å²) in [6.45, 7) is -0.162. The lowest BCUT2D eigenvalue weighted by Gasteiger charge is -2.06. The number of nitrogens with one attached hydrogen (secondary N) is 1. The average Bonchev–Trinajstić information content (AvgIpc) is 2.27. The van der Waals surface area contributed by atoms with Gasteiger partial charge in [0.15, 0.2) is 0 Å². The predicted octanol–water partition coefficient (Wildman–Crippen LogP) is 0.107. The molecule has 5 nitrogen and oxygen atoms in total. The van der Waals surface area contributed by atoms with E-state index in [-0.39, 0.29) is 18.9 Å². The minimum absolute atomic E-state index is 0.215. The number of sulfonamides is 1. The number of methoxy groups -OCH3 is 1. The van der Waals surface area contributed by atoms with E-state index in [0.29, 0.717) is 0 Å². The van der Waals surface area contributed by atoms with Gasteiger partial charge in [-0.15, -0.1) is 0 Å². The molecule has 0 saturated carbocycles. The third-order valence-corrected chi connectivity index (χ3v) is 3.32. The highest BCUT2D eigenvalue weighted by Crippen LogP contribution is 2.11. The molecule has 1 rings (SSSR count). The molecule has 0 unspecified atom stereocenters. The number of aliphatic hydroxyl groups is 1. The lowest BCUT2D eigenvalue weighted by Crippen LogP contribution is -2.27. The Kier molecular flexibility index (Phi) is 4.72. The predicted molar refractivity (Wildman–Crippen MR) is 60.7 cm³/mol. The van der Waals surface area contributed by atoms with Crippen molar-refractivity contribution in [3.05, 3.63) is 29.8 Å². The summed E-state index contributed by atoms with van der Waals surface area (Å²) >= 11 is 0. The van der Waals surface area contributed by atoms with Gasteiger partial charge in [0, 0.05) is 6.54 Å². The van der Waals surface area contributed by atoms with Gasteiger partial charge in [-0.3, -0.25) is 0 Å². The van der Waals surface area contributed by atoms with Crippen molar-refractivity contribution < 1.29 is 18.3 Å². The molecular formula is C10H15NO4S. The summed E-state index contributed by atoms with van der Waals surface area (Å²) in [5.41, 5.74) is 0.835. The smallest absolute Gasteiger partial charge is 0.214 e. The first-order valence-corrected chi connectivity index (χ1v) is 6.44. The fraction of sp³-hybridized carbons (Fsp3) is 0.400. The van der Waals surface area contributed by atoms with Crippen molar-refractivity contribution in [2.75, 3.05) is 19.5 Å². The van der Waals surface area contributed by atoms with Gasteiger partial charge in [-0.1, -0.05) is 12.1 Å². The molecule has 1 aromatic carbocycles. The zero-order chi connectivity index (χ0) is 12.0.